The van der Waals surface area contributed by atoms with Gasteiger partial charge in [0.05, 0.1) is 5.56 Å². The van der Waals surface area contributed by atoms with Gasteiger partial charge in [0.1, 0.15) is 5.82 Å². The summed E-state index contributed by atoms with van der Waals surface area (Å²) in [6.45, 7) is 2.12. The summed E-state index contributed by atoms with van der Waals surface area (Å²) in [6.07, 6.45) is 0.903. The van der Waals surface area contributed by atoms with Crippen molar-refractivity contribution >= 4 is 5.97 Å². The molecule has 1 rings (SSSR count). The molecule has 0 amide bonds. The van der Waals surface area contributed by atoms with Crippen LogP contribution in [-0.4, -0.2) is 43.3 Å². The van der Waals surface area contributed by atoms with Gasteiger partial charge in [0.25, 0.3) is 0 Å². The van der Waals surface area contributed by atoms with Crippen molar-refractivity contribution in [2.45, 2.75) is 13.0 Å². The van der Waals surface area contributed by atoms with Crippen LogP contribution in [0.4, 0.5) is 4.39 Å². The molecule has 0 saturated carbocycles. The predicted molar refractivity (Wildman–Crippen MR) is 66.2 cm³/mol. The van der Waals surface area contributed by atoms with Gasteiger partial charge in [-0.1, -0.05) is 6.07 Å². The van der Waals surface area contributed by atoms with Gasteiger partial charge in [0.2, 0.25) is 0 Å². The number of halogens is 1. The molecule has 0 bridgehead atoms. The standard InChI is InChI=1S/C13H18FNO3/c1-15(6-3-7-18-2)9-10-4-5-12(14)11(8-10)13(16)17/h4-5,8H,3,6-7,9H2,1-2H3,(H,16,17). The molecule has 0 heterocycles. The average molecular weight is 255 g/mol. The van der Waals surface area contributed by atoms with E-state index in [-0.39, 0.29) is 5.56 Å². The highest BCUT2D eigenvalue weighted by Crippen LogP contribution is 2.12. The van der Waals surface area contributed by atoms with E-state index in [1.54, 1.807) is 13.2 Å². The highest BCUT2D eigenvalue weighted by atomic mass is 19.1. The van der Waals surface area contributed by atoms with Crippen molar-refractivity contribution in [3.8, 4) is 0 Å². The van der Waals surface area contributed by atoms with Gasteiger partial charge >= 0.3 is 5.97 Å². The lowest BCUT2D eigenvalue weighted by Gasteiger charge is -2.16. The first-order valence-electron chi connectivity index (χ1n) is 5.73. The van der Waals surface area contributed by atoms with Crippen LogP contribution in [0.3, 0.4) is 0 Å². The zero-order valence-electron chi connectivity index (χ0n) is 10.6. The molecule has 1 aromatic rings. The number of hydrogen-bond acceptors (Lipinski definition) is 3. The third kappa shape index (κ3) is 4.43. The smallest absolute Gasteiger partial charge is 0.338 e. The highest BCUT2D eigenvalue weighted by Gasteiger charge is 2.11. The van der Waals surface area contributed by atoms with Crippen molar-refractivity contribution in [3.63, 3.8) is 0 Å². The number of nitrogens with zero attached hydrogens (tertiary/aromatic N) is 1. The zero-order valence-corrected chi connectivity index (χ0v) is 10.6. The first-order chi connectivity index (χ1) is 8.54. The Balaban J connectivity index is 2.62. The van der Waals surface area contributed by atoms with E-state index in [9.17, 15) is 9.18 Å². The first kappa shape index (κ1) is 14.6. The van der Waals surface area contributed by atoms with Crippen molar-refractivity contribution in [2.24, 2.45) is 0 Å². The van der Waals surface area contributed by atoms with Gasteiger partial charge in [-0.05, 0) is 31.2 Å². The van der Waals surface area contributed by atoms with Crippen molar-refractivity contribution in [3.05, 3.63) is 35.1 Å². The Labute approximate surface area is 106 Å². The molecule has 1 N–H and O–H groups in total. The molecule has 0 atom stereocenters. The minimum atomic E-state index is -1.24. The molecular formula is C13H18FNO3. The van der Waals surface area contributed by atoms with E-state index in [1.165, 1.54) is 12.1 Å². The molecule has 0 spiro atoms. The third-order valence-electron chi connectivity index (χ3n) is 2.60. The molecule has 0 radical (unpaired) electrons. The van der Waals surface area contributed by atoms with E-state index in [1.807, 2.05) is 11.9 Å². The zero-order chi connectivity index (χ0) is 13.5. The summed E-state index contributed by atoms with van der Waals surface area (Å²) < 4.78 is 18.2. The fourth-order valence-corrected chi connectivity index (χ4v) is 1.70. The fraction of sp³-hybridized carbons (Fsp3) is 0.462. The van der Waals surface area contributed by atoms with Crippen molar-refractivity contribution < 1.29 is 19.0 Å². The molecule has 0 fully saturated rings. The number of carboxylic acids is 1. The molecule has 0 aliphatic carbocycles. The van der Waals surface area contributed by atoms with E-state index in [0.29, 0.717) is 13.2 Å². The van der Waals surface area contributed by atoms with Gasteiger partial charge in [0.15, 0.2) is 0 Å². The number of carbonyl (C=O) groups is 1. The van der Waals surface area contributed by atoms with Crippen LogP contribution in [0.15, 0.2) is 18.2 Å². The number of ether oxygens (including phenoxy) is 1. The number of benzene rings is 1. The quantitative estimate of drug-likeness (QED) is 0.757. The molecule has 1 aromatic carbocycles. The Kier molecular flexibility index (Phi) is 5.74. The number of carboxylic acid groups (broad SMARTS) is 1. The van der Waals surface area contributed by atoms with E-state index in [4.69, 9.17) is 9.84 Å². The third-order valence-corrected chi connectivity index (χ3v) is 2.60. The summed E-state index contributed by atoms with van der Waals surface area (Å²) in [5.74, 6) is -1.94. The fourth-order valence-electron chi connectivity index (χ4n) is 1.70. The summed E-state index contributed by atoms with van der Waals surface area (Å²) in [4.78, 5) is 12.8. The first-order valence-corrected chi connectivity index (χ1v) is 5.73. The summed E-state index contributed by atoms with van der Waals surface area (Å²) in [7, 11) is 3.58. The Bertz CT molecular complexity index is 409. The van der Waals surface area contributed by atoms with Crippen LogP contribution in [0.5, 0.6) is 0 Å². The molecule has 0 aliphatic heterocycles. The molecule has 0 saturated heterocycles. The lowest BCUT2D eigenvalue weighted by molar-refractivity contribution is 0.0691. The topological polar surface area (TPSA) is 49.8 Å². The van der Waals surface area contributed by atoms with Crippen LogP contribution in [-0.2, 0) is 11.3 Å². The van der Waals surface area contributed by atoms with Gasteiger partial charge in [-0.15, -0.1) is 0 Å². The molecule has 100 valence electrons. The molecule has 4 nitrogen and oxygen atoms in total. The van der Waals surface area contributed by atoms with Crippen LogP contribution in [0.2, 0.25) is 0 Å². The molecular weight excluding hydrogens is 237 g/mol. The Morgan fingerprint density at radius 1 is 1.50 bits per heavy atom. The van der Waals surface area contributed by atoms with Crippen LogP contribution in [0.1, 0.15) is 22.3 Å². The second-order valence-electron chi connectivity index (χ2n) is 4.20. The number of methoxy groups -OCH3 is 1. The lowest BCUT2D eigenvalue weighted by Crippen LogP contribution is -2.20. The Morgan fingerprint density at radius 3 is 2.83 bits per heavy atom. The number of rotatable bonds is 7. The Morgan fingerprint density at radius 2 is 2.22 bits per heavy atom. The molecule has 5 heteroatoms. The Hall–Kier alpha value is -1.46. The number of aromatic carboxylic acids is 1. The summed E-state index contributed by atoms with van der Waals surface area (Å²) in [5.41, 5.74) is 0.506. The SMILES string of the molecule is COCCCN(C)Cc1ccc(F)c(C(=O)O)c1. The highest BCUT2D eigenvalue weighted by molar-refractivity contribution is 5.88. The van der Waals surface area contributed by atoms with Crippen LogP contribution >= 0.6 is 0 Å². The average Bonchev–Trinajstić information content (AvgIpc) is 2.31. The van der Waals surface area contributed by atoms with Crippen LogP contribution < -0.4 is 0 Å². The van der Waals surface area contributed by atoms with Crippen molar-refractivity contribution in [2.75, 3.05) is 27.3 Å². The van der Waals surface area contributed by atoms with Gasteiger partial charge in [-0.2, -0.15) is 0 Å². The minimum absolute atomic E-state index is 0.280. The second kappa shape index (κ2) is 7.08. The maximum Gasteiger partial charge on any atom is 0.338 e. The van der Waals surface area contributed by atoms with Gasteiger partial charge in [-0.3, -0.25) is 0 Å². The lowest BCUT2D eigenvalue weighted by atomic mass is 10.1. The monoisotopic (exact) mass is 255 g/mol. The predicted octanol–water partition coefficient (Wildman–Crippen LogP) is 1.99. The van der Waals surface area contributed by atoms with Gasteiger partial charge < -0.3 is 14.7 Å². The minimum Gasteiger partial charge on any atom is -0.478 e. The summed E-state index contributed by atoms with van der Waals surface area (Å²) in [5, 5.41) is 8.83. The van der Waals surface area contributed by atoms with Crippen LogP contribution in [0.25, 0.3) is 0 Å². The van der Waals surface area contributed by atoms with Crippen LogP contribution in [0, 0.1) is 5.82 Å². The van der Waals surface area contributed by atoms with E-state index < -0.39 is 11.8 Å². The molecule has 0 aliphatic rings. The van der Waals surface area contributed by atoms with E-state index >= 15 is 0 Å². The maximum atomic E-state index is 13.2. The second-order valence-corrected chi connectivity index (χ2v) is 4.20. The van der Waals surface area contributed by atoms with E-state index in [0.717, 1.165) is 18.5 Å². The molecule has 0 unspecified atom stereocenters. The van der Waals surface area contributed by atoms with Gasteiger partial charge in [0, 0.05) is 26.8 Å². The summed E-state index contributed by atoms with van der Waals surface area (Å²) in [6, 6.07) is 4.18. The molecule has 18 heavy (non-hydrogen) atoms. The normalized spacial score (nSPS) is 10.9. The molecule has 0 aromatic heterocycles. The van der Waals surface area contributed by atoms with Gasteiger partial charge in [-0.25, -0.2) is 9.18 Å². The number of hydrogen-bond donors (Lipinski definition) is 1. The van der Waals surface area contributed by atoms with Crippen molar-refractivity contribution in [1.82, 2.24) is 4.90 Å². The van der Waals surface area contributed by atoms with E-state index in [2.05, 4.69) is 0 Å². The summed E-state index contributed by atoms with van der Waals surface area (Å²) >= 11 is 0. The largest absolute Gasteiger partial charge is 0.478 e. The van der Waals surface area contributed by atoms with Crippen molar-refractivity contribution in [1.29, 1.82) is 0 Å². The maximum absolute atomic E-state index is 13.2.